The highest BCUT2D eigenvalue weighted by Crippen LogP contribution is 2.25. The zero-order chi connectivity index (χ0) is 10.1. The molecule has 2 aromatic rings. The van der Waals surface area contributed by atoms with Gasteiger partial charge in [0.25, 0.3) is 0 Å². The summed E-state index contributed by atoms with van der Waals surface area (Å²) in [5, 5.41) is 4.08. The van der Waals surface area contributed by atoms with Crippen LogP contribution in [0.15, 0.2) is 27.3 Å². The Morgan fingerprint density at radius 1 is 1.40 bits per heavy atom. The fourth-order valence-electron chi connectivity index (χ4n) is 1.37. The molecule has 0 saturated heterocycles. The van der Waals surface area contributed by atoms with Crippen LogP contribution in [-0.2, 0) is 0 Å². The van der Waals surface area contributed by atoms with E-state index in [1.807, 2.05) is 31.4 Å². The number of hydrogen-bond donors (Lipinski definition) is 1. The SMILES string of the molecule is Cc1cc([C@@H](N)c2ccsc2)oc1C.Cl. The molecule has 0 aromatic carbocycles. The second kappa shape index (κ2) is 4.84. The van der Waals surface area contributed by atoms with E-state index in [-0.39, 0.29) is 18.4 Å². The lowest BCUT2D eigenvalue weighted by atomic mass is 10.1. The van der Waals surface area contributed by atoms with Crippen LogP contribution in [0.1, 0.15) is 28.7 Å². The van der Waals surface area contributed by atoms with Gasteiger partial charge in [-0.1, -0.05) is 0 Å². The van der Waals surface area contributed by atoms with Crippen molar-refractivity contribution in [2.75, 3.05) is 0 Å². The van der Waals surface area contributed by atoms with Gasteiger partial charge >= 0.3 is 0 Å². The Morgan fingerprint density at radius 3 is 2.60 bits per heavy atom. The first-order valence-electron chi connectivity index (χ1n) is 4.53. The molecule has 2 aromatic heterocycles. The molecule has 82 valence electrons. The molecule has 0 amide bonds. The predicted octanol–water partition coefficient (Wildman–Crippen LogP) is 3.43. The molecule has 0 spiro atoms. The van der Waals surface area contributed by atoms with E-state index in [0.717, 1.165) is 22.6 Å². The van der Waals surface area contributed by atoms with E-state index in [9.17, 15) is 0 Å². The summed E-state index contributed by atoms with van der Waals surface area (Å²) < 4.78 is 5.58. The fourth-order valence-corrected chi connectivity index (χ4v) is 2.07. The summed E-state index contributed by atoms with van der Waals surface area (Å²) >= 11 is 1.65. The molecule has 2 nitrogen and oxygen atoms in total. The van der Waals surface area contributed by atoms with Gasteiger partial charge in [0, 0.05) is 0 Å². The van der Waals surface area contributed by atoms with Crippen LogP contribution in [-0.4, -0.2) is 0 Å². The molecule has 2 rings (SSSR count). The Bertz CT molecular complexity index is 402. The van der Waals surface area contributed by atoms with E-state index in [1.165, 1.54) is 0 Å². The summed E-state index contributed by atoms with van der Waals surface area (Å²) in [7, 11) is 0. The van der Waals surface area contributed by atoms with Crippen LogP contribution in [0.4, 0.5) is 0 Å². The second-order valence-corrected chi connectivity index (χ2v) is 4.20. The Morgan fingerprint density at radius 2 is 2.13 bits per heavy atom. The molecule has 1 atom stereocenters. The van der Waals surface area contributed by atoms with Gasteiger partial charge < -0.3 is 10.2 Å². The van der Waals surface area contributed by atoms with Crippen molar-refractivity contribution in [3.63, 3.8) is 0 Å². The maximum atomic E-state index is 6.06. The topological polar surface area (TPSA) is 39.2 Å². The minimum absolute atomic E-state index is 0. The third kappa shape index (κ3) is 2.43. The summed E-state index contributed by atoms with van der Waals surface area (Å²) in [6.45, 7) is 3.99. The standard InChI is InChI=1S/C11H13NOS.ClH/c1-7-5-10(13-8(7)2)11(12)9-3-4-14-6-9;/h3-6,11H,12H2,1-2H3;1H/t11-;/m0./s1. The van der Waals surface area contributed by atoms with Gasteiger partial charge in [-0.25, -0.2) is 0 Å². The third-order valence-electron chi connectivity index (χ3n) is 2.39. The van der Waals surface area contributed by atoms with Gasteiger partial charge in [-0.3, -0.25) is 0 Å². The molecule has 0 unspecified atom stereocenters. The first-order valence-corrected chi connectivity index (χ1v) is 5.47. The molecular formula is C11H14ClNOS. The highest BCUT2D eigenvalue weighted by molar-refractivity contribution is 7.07. The normalized spacial score (nSPS) is 12.2. The molecule has 0 aliphatic heterocycles. The molecule has 4 heteroatoms. The lowest BCUT2D eigenvalue weighted by Gasteiger charge is -2.05. The van der Waals surface area contributed by atoms with Gasteiger partial charge in [0.1, 0.15) is 11.5 Å². The molecule has 15 heavy (non-hydrogen) atoms. The van der Waals surface area contributed by atoms with Crippen LogP contribution in [0.5, 0.6) is 0 Å². The molecule has 2 heterocycles. The second-order valence-electron chi connectivity index (χ2n) is 3.42. The van der Waals surface area contributed by atoms with Crippen molar-refractivity contribution in [3.8, 4) is 0 Å². The van der Waals surface area contributed by atoms with E-state index < -0.39 is 0 Å². The molecule has 0 radical (unpaired) electrons. The average Bonchev–Trinajstić information content (AvgIpc) is 2.76. The van der Waals surface area contributed by atoms with Crippen molar-refractivity contribution in [1.29, 1.82) is 0 Å². The Hall–Kier alpha value is -0.770. The van der Waals surface area contributed by atoms with Gasteiger partial charge in [0.2, 0.25) is 0 Å². The van der Waals surface area contributed by atoms with Gasteiger partial charge in [-0.05, 0) is 47.9 Å². The molecule has 0 fully saturated rings. The van der Waals surface area contributed by atoms with Crippen LogP contribution in [0, 0.1) is 13.8 Å². The van der Waals surface area contributed by atoms with E-state index >= 15 is 0 Å². The van der Waals surface area contributed by atoms with E-state index in [1.54, 1.807) is 11.3 Å². The molecule has 2 N–H and O–H groups in total. The van der Waals surface area contributed by atoms with Crippen LogP contribution in [0.25, 0.3) is 0 Å². The first-order chi connectivity index (χ1) is 6.68. The number of rotatable bonds is 2. The maximum Gasteiger partial charge on any atom is 0.125 e. The van der Waals surface area contributed by atoms with Crippen molar-refractivity contribution in [3.05, 3.63) is 45.5 Å². The van der Waals surface area contributed by atoms with Crippen LogP contribution in [0.3, 0.4) is 0 Å². The number of nitrogens with two attached hydrogens (primary N) is 1. The molecule has 0 aliphatic carbocycles. The zero-order valence-corrected chi connectivity index (χ0v) is 10.3. The molecule has 0 saturated carbocycles. The van der Waals surface area contributed by atoms with Crippen LogP contribution in [0.2, 0.25) is 0 Å². The first kappa shape index (κ1) is 12.3. The number of halogens is 1. The summed E-state index contributed by atoms with van der Waals surface area (Å²) in [5.41, 5.74) is 8.33. The van der Waals surface area contributed by atoms with Crippen molar-refractivity contribution in [1.82, 2.24) is 0 Å². The van der Waals surface area contributed by atoms with Crippen LogP contribution >= 0.6 is 23.7 Å². The van der Waals surface area contributed by atoms with E-state index in [4.69, 9.17) is 10.2 Å². The Kier molecular flexibility index (Phi) is 3.97. The highest BCUT2D eigenvalue weighted by Gasteiger charge is 2.14. The summed E-state index contributed by atoms with van der Waals surface area (Å²) in [6, 6.07) is 3.91. The molecule has 0 aliphatic rings. The Labute approximate surface area is 99.5 Å². The number of furan rings is 1. The minimum atomic E-state index is -0.131. The lowest BCUT2D eigenvalue weighted by Crippen LogP contribution is -2.09. The lowest BCUT2D eigenvalue weighted by molar-refractivity contribution is 0.465. The van der Waals surface area contributed by atoms with E-state index in [2.05, 4.69) is 5.38 Å². The number of aryl methyl sites for hydroxylation is 2. The van der Waals surface area contributed by atoms with Crippen LogP contribution < -0.4 is 5.73 Å². The van der Waals surface area contributed by atoms with Gasteiger partial charge in [-0.15, -0.1) is 12.4 Å². The average molecular weight is 244 g/mol. The minimum Gasteiger partial charge on any atom is -0.464 e. The van der Waals surface area contributed by atoms with E-state index in [0.29, 0.717) is 0 Å². The molecule has 0 bridgehead atoms. The van der Waals surface area contributed by atoms with Crippen molar-refractivity contribution in [2.24, 2.45) is 5.73 Å². The van der Waals surface area contributed by atoms with Crippen molar-refractivity contribution >= 4 is 23.7 Å². The fraction of sp³-hybridized carbons (Fsp3) is 0.273. The largest absolute Gasteiger partial charge is 0.464 e. The predicted molar refractivity (Wildman–Crippen MR) is 65.8 cm³/mol. The summed E-state index contributed by atoms with van der Waals surface area (Å²) in [6.07, 6.45) is 0. The quantitative estimate of drug-likeness (QED) is 0.878. The summed E-state index contributed by atoms with van der Waals surface area (Å²) in [4.78, 5) is 0. The van der Waals surface area contributed by atoms with Gasteiger partial charge in [-0.2, -0.15) is 11.3 Å². The molecular weight excluding hydrogens is 230 g/mol. The smallest absolute Gasteiger partial charge is 0.125 e. The number of hydrogen-bond acceptors (Lipinski definition) is 3. The van der Waals surface area contributed by atoms with Gasteiger partial charge in [0.15, 0.2) is 0 Å². The summed E-state index contributed by atoms with van der Waals surface area (Å²) in [5.74, 6) is 1.80. The third-order valence-corrected chi connectivity index (χ3v) is 3.10. The van der Waals surface area contributed by atoms with Crippen molar-refractivity contribution < 1.29 is 4.42 Å². The van der Waals surface area contributed by atoms with Gasteiger partial charge in [0.05, 0.1) is 6.04 Å². The Balaban J connectivity index is 0.00000112. The monoisotopic (exact) mass is 243 g/mol. The zero-order valence-electron chi connectivity index (χ0n) is 8.69. The highest BCUT2D eigenvalue weighted by atomic mass is 35.5. The van der Waals surface area contributed by atoms with Crippen molar-refractivity contribution in [2.45, 2.75) is 19.9 Å². The number of thiophene rings is 1. The maximum absolute atomic E-state index is 6.06.